The standard InChI is InChI=1S/C16H16N2O4S2/c1-9(19)18-6-5-10-12(8-18)24-15(13(10)16(21)22-2)17-14(20)11-4-3-7-23-11/h3-4,7H,5-6,8H2,1-2H3,(H,17,20). The number of anilines is 1. The molecule has 6 nitrogen and oxygen atoms in total. The minimum Gasteiger partial charge on any atom is -0.465 e. The van der Waals surface area contributed by atoms with Gasteiger partial charge in [-0.05, 0) is 23.4 Å². The first-order valence-electron chi connectivity index (χ1n) is 7.34. The van der Waals surface area contributed by atoms with E-state index in [-0.39, 0.29) is 11.8 Å². The Morgan fingerprint density at radius 3 is 2.75 bits per heavy atom. The first-order valence-corrected chi connectivity index (χ1v) is 9.04. The number of nitrogens with one attached hydrogen (secondary N) is 1. The van der Waals surface area contributed by atoms with Crippen LogP contribution in [0.25, 0.3) is 0 Å². The quantitative estimate of drug-likeness (QED) is 0.850. The summed E-state index contributed by atoms with van der Waals surface area (Å²) in [6, 6.07) is 3.52. The molecular weight excluding hydrogens is 348 g/mol. The summed E-state index contributed by atoms with van der Waals surface area (Å²) in [5, 5.41) is 5.12. The van der Waals surface area contributed by atoms with Crippen LogP contribution in [0.3, 0.4) is 0 Å². The second-order valence-electron chi connectivity index (χ2n) is 5.32. The van der Waals surface area contributed by atoms with E-state index in [1.807, 2.05) is 5.38 Å². The molecule has 0 fully saturated rings. The highest BCUT2D eigenvalue weighted by Crippen LogP contribution is 2.38. The molecule has 1 aliphatic heterocycles. The predicted octanol–water partition coefficient (Wildman–Crippen LogP) is 2.75. The number of fused-ring (bicyclic) bond motifs is 1. The van der Waals surface area contributed by atoms with Crippen molar-refractivity contribution < 1.29 is 19.1 Å². The van der Waals surface area contributed by atoms with Crippen LogP contribution in [0, 0.1) is 0 Å². The maximum absolute atomic E-state index is 12.3. The van der Waals surface area contributed by atoms with E-state index in [4.69, 9.17) is 4.74 Å². The van der Waals surface area contributed by atoms with Crippen LogP contribution in [-0.2, 0) is 22.5 Å². The molecule has 24 heavy (non-hydrogen) atoms. The number of carbonyl (C=O) groups is 3. The fourth-order valence-corrected chi connectivity index (χ4v) is 4.52. The number of nitrogens with zero attached hydrogens (tertiary/aromatic N) is 1. The highest BCUT2D eigenvalue weighted by Gasteiger charge is 2.30. The van der Waals surface area contributed by atoms with Gasteiger partial charge in [0, 0.05) is 18.3 Å². The molecule has 3 heterocycles. The Labute approximate surface area is 147 Å². The van der Waals surface area contributed by atoms with Crippen molar-refractivity contribution in [3.8, 4) is 0 Å². The Kier molecular flexibility index (Phi) is 4.68. The molecule has 0 spiro atoms. The number of esters is 1. The Morgan fingerprint density at radius 1 is 1.33 bits per heavy atom. The predicted molar refractivity (Wildman–Crippen MR) is 92.7 cm³/mol. The van der Waals surface area contributed by atoms with Crippen LogP contribution in [0.4, 0.5) is 5.00 Å². The lowest BCUT2D eigenvalue weighted by atomic mass is 10.0. The molecular formula is C16H16N2O4S2. The maximum atomic E-state index is 12.3. The summed E-state index contributed by atoms with van der Waals surface area (Å²) < 4.78 is 4.89. The third kappa shape index (κ3) is 3.07. The lowest BCUT2D eigenvalue weighted by Crippen LogP contribution is -2.33. The molecule has 0 bridgehead atoms. The van der Waals surface area contributed by atoms with E-state index in [1.54, 1.807) is 17.0 Å². The highest BCUT2D eigenvalue weighted by atomic mass is 32.1. The van der Waals surface area contributed by atoms with Gasteiger partial charge < -0.3 is 15.0 Å². The van der Waals surface area contributed by atoms with Crippen LogP contribution >= 0.6 is 22.7 Å². The van der Waals surface area contributed by atoms with Gasteiger partial charge in [0.2, 0.25) is 5.91 Å². The Balaban J connectivity index is 1.95. The third-order valence-electron chi connectivity index (χ3n) is 3.86. The normalized spacial score (nSPS) is 13.3. The molecule has 0 radical (unpaired) electrons. The van der Waals surface area contributed by atoms with E-state index >= 15 is 0 Å². The number of hydrogen-bond donors (Lipinski definition) is 1. The van der Waals surface area contributed by atoms with E-state index in [2.05, 4.69) is 5.32 Å². The van der Waals surface area contributed by atoms with Gasteiger partial charge in [-0.1, -0.05) is 6.07 Å². The zero-order valence-corrected chi connectivity index (χ0v) is 14.9. The second-order valence-corrected chi connectivity index (χ2v) is 7.37. The molecule has 0 saturated carbocycles. The zero-order valence-electron chi connectivity index (χ0n) is 13.3. The monoisotopic (exact) mass is 364 g/mol. The van der Waals surface area contributed by atoms with Gasteiger partial charge in [0.15, 0.2) is 0 Å². The molecule has 1 N–H and O–H groups in total. The van der Waals surface area contributed by atoms with E-state index < -0.39 is 5.97 Å². The average molecular weight is 364 g/mol. The van der Waals surface area contributed by atoms with Crippen molar-refractivity contribution in [1.29, 1.82) is 0 Å². The molecule has 2 amide bonds. The second kappa shape index (κ2) is 6.74. The van der Waals surface area contributed by atoms with Crippen LogP contribution in [0.1, 0.15) is 37.4 Å². The number of carbonyl (C=O) groups excluding carboxylic acids is 3. The summed E-state index contributed by atoms with van der Waals surface area (Å²) in [5.41, 5.74) is 1.27. The van der Waals surface area contributed by atoms with Crippen molar-refractivity contribution in [2.75, 3.05) is 19.0 Å². The molecule has 8 heteroatoms. The Bertz CT molecular complexity index is 795. The van der Waals surface area contributed by atoms with Crippen molar-refractivity contribution in [1.82, 2.24) is 4.90 Å². The van der Waals surface area contributed by atoms with Crippen molar-refractivity contribution in [3.05, 3.63) is 38.4 Å². The number of hydrogen-bond acceptors (Lipinski definition) is 6. The van der Waals surface area contributed by atoms with Gasteiger partial charge in [0.1, 0.15) is 5.00 Å². The molecule has 3 rings (SSSR count). The highest BCUT2D eigenvalue weighted by molar-refractivity contribution is 7.17. The molecule has 1 aliphatic rings. The Morgan fingerprint density at radius 2 is 2.12 bits per heavy atom. The summed E-state index contributed by atoms with van der Waals surface area (Å²) >= 11 is 2.66. The van der Waals surface area contributed by atoms with Crippen LogP contribution in [0.2, 0.25) is 0 Å². The fourth-order valence-electron chi connectivity index (χ4n) is 2.65. The van der Waals surface area contributed by atoms with Gasteiger partial charge in [-0.15, -0.1) is 22.7 Å². The van der Waals surface area contributed by atoms with Crippen LogP contribution < -0.4 is 5.32 Å². The molecule has 2 aromatic rings. The van der Waals surface area contributed by atoms with Gasteiger partial charge in [0.05, 0.1) is 24.1 Å². The summed E-state index contributed by atoms with van der Waals surface area (Å²) in [7, 11) is 1.32. The van der Waals surface area contributed by atoms with Gasteiger partial charge in [-0.3, -0.25) is 9.59 Å². The van der Waals surface area contributed by atoms with Gasteiger partial charge in [-0.25, -0.2) is 4.79 Å². The molecule has 0 saturated heterocycles. The molecule has 126 valence electrons. The van der Waals surface area contributed by atoms with Crippen molar-refractivity contribution in [3.63, 3.8) is 0 Å². The SMILES string of the molecule is COC(=O)c1c(NC(=O)c2cccs2)sc2c1CCN(C(C)=O)C2. The van der Waals surface area contributed by atoms with E-state index in [9.17, 15) is 14.4 Å². The number of ether oxygens (including phenoxy) is 1. The Hall–Kier alpha value is -2.19. The fraction of sp³-hybridized carbons (Fsp3) is 0.312. The maximum Gasteiger partial charge on any atom is 0.341 e. The number of thiophene rings is 2. The van der Waals surface area contributed by atoms with Crippen LogP contribution in [0.5, 0.6) is 0 Å². The largest absolute Gasteiger partial charge is 0.465 e. The van der Waals surface area contributed by atoms with Gasteiger partial charge in [-0.2, -0.15) is 0 Å². The zero-order chi connectivity index (χ0) is 17.3. The lowest BCUT2D eigenvalue weighted by molar-refractivity contribution is -0.129. The average Bonchev–Trinajstić information content (AvgIpc) is 3.20. The van der Waals surface area contributed by atoms with Crippen molar-refractivity contribution in [2.24, 2.45) is 0 Å². The third-order valence-corrected chi connectivity index (χ3v) is 5.86. The topological polar surface area (TPSA) is 75.7 Å². The smallest absolute Gasteiger partial charge is 0.341 e. The minimum absolute atomic E-state index is 0.00200. The van der Waals surface area contributed by atoms with Crippen LogP contribution in [0.15, 0.2) is 17.5 Å². The summed E-state index contributed by atoms with van der Waals surface area (Å²) in [5.74, 6) is -0.722. The minimum atomic E-state index is -0.467. The molecule has 2 aromatic heterocycles. The molecule has 0 aliphatic carbocycles. The van der Waals surface area contributed by atoms with E-state index in [0.29, 0.717) is 35.0 Å². The molecule has 0 atom stereocenters. The van der Waals surface area contributed by atoms with Crippen molar-refractivity contribution >= 4 is 45.5 Å². The van der Waals surface area contributed by atoms with E-state index in [0.717, 1.165) is 10.4 Å². The van der Waals surface area contributed by atoms with Gasteiger partial charge in [0.25, 0.3) is 5.91 Å². The first-order chi connectivity index (χ1) is 11.5. The number of methoxy groups -OCH3 is 1. The molecule has 0 aromatic carbocycles. The summed E-state index contributed by atoms with van der Waals surface area (Å²) in [6.45, 7) is 2.54. The lowest BCUT2D eigenvalue weighted by Gasteiger charge is -2.25. The molecule has 0 unspecified atom stereocenters. The first kappa shape index (κ1) is 16.7. The summed E-state index contributed by atoms with van der Waals surface area (Å²) in [4.78, 5) is 39.3. The number of amides is 2. The number of rotatable bonds is 3. The summed E-state index contributed by atoms with van der Waals surface area (Å²) in [6.07, 6.45) is 0.574. The van der Waals surface area contributed by atoms with Crippen LogP contribution in [-0.4, -0.2) is 36.3 Å². The van der Waals surface area contributed by atoms with Gasteiger partial charge >= 0.3 is 5.97 Å². The van der Waals surface area contributed by atoms with E-state index in [1.165, 1.54) is 36.7 Å². The van der Waals surface area contributed by atoms with Crippen molar-refractivity contribution in [2.45, 2.75) is 19.9 Å².